The van der Waals surface area contributed by atoms with E-state index in [-0.39, 0.29) is 0 Å². The number of hydrogen-bond donors (Lipinski definition) is 0. The molecule has 2 unspecified atom stereocenters. The number of rotatable bonds is 2. The fourth-order valence-corrected chi connectivity index (χ4v) is 3.12. The first-order valence-corrected chi connectivity index (χ1v) is 7.37. The molecule has 2 aliphatic rings. The molecule has 2 atom stereocenters. The minimum absolute atomic E-state index is 0.821. The lowest BCUT2D eigenvalue weighted by Crippen LogP contribution is -2.21. The van der Waals surface area contributed by atoms with Crippen molar-refractivity contribution in [2.45, 2.75) is 17.9 Å². The molecule has 3 rings (SSSR count). The van der Waals surface area contributed by atoms with E-state index in [1.165, 1.54) is 12.8 Å². The molecule has 1 aliphatic carbocycles. The molecule has 1 fully saturated rings. The third-order valence-electron chi connectivity index (χ3n) is 3.78. The monoisotopic (exact) mass is 247 g/mol. The molecule has 17 heavy (non-hydrogen) atoms. The van der Waals surface area contributed by atoms with Crippen LogP contribution < -0.4 is 4.90 Å². The third-order valence-corrected chi connectivity index (χ3v) is 4.42. The largest absolute Gasteiger partial charge is 0.355 e. The molecule has 90 valence electrons. The molecule has 0 spiro atoms. The maximum absolute atomic E-state index is 4.32. The predicted octanol–water partition coefficient (Wildman–Crippen LogP) is 2.60. The highest BCUT2D eigenvalue weighted by molar-refractivity contribution is 7.98. The minimum atomic E-state index is 0.821. The SMILES string of the molecule is CSc1ccc(N2CC3CC=CCC3C2)nn1. The summed E-state index contributed by atoms with van der Waals surface area (Å²) in [6.45, 7) is 2.28. The van der Waals surface area contributed by atoms with E-state index in [1.54, 1.807) is 11.8 Å². The van der Waals surface area contributed by atoms with Gasteiger partial charge in [-0.25, -0.2) is 0 Å². The van der Waals surface area contributed by atoms with Gasteiger partial charge in [-0.2, -0.15) is 0 Å². The Morgan fingerprint density at radius 2 is 1.82 bits per heavy atom. The van der Waals surface area contributed by atoms with E-state index >= 15 is 0 Å². The van der Waals surface area contributed by atoms with E-state index in [9.17, 15) is 0 Å². The van der Waals surface area contributed by atoms with Crippen LogP contribution in [-0.4, -0.2) is 29.5 Å². The number of anilines is 1. The molecular weight excluding hydrogens is 230 g/mol. The summed E-state index contributed by atoms with van der Waals surface area (Å²) in [6, 6.07) is 4.16. The van der Waals surface area contributed by atoms with Gasteiger partial charge in [0.1, 0.15) is 5.03 Å². The second-order valence-electron chi connectivity index (χ2n) is 4.80. The lowest BCUT2D eigenvalue weighted by atomic mass is 9.86. The van der Waals surface area contributed by atoms with Gasteiger partial charge in [-0.3, -0.25) is 0 Å². The number of nitrogens with zero attached hydrogens (tertiary/aromatic N) is 3. The molecule has 0 bridgehead atoms. The van der Waals surface area contributed by atoms with E-state index < -0.39 is 0 Å². The first-order valence-electron chi connectivity index (χ1n) is 6.14. The maximum atomic E-state index is 4.32. The number of thioether (sulfide) groups is 1. The second kappa shape index (κ2) is 4.69. The molecular formula is C13H17N3S. The Hall–Kier alpha value is -1.03. The lowest BCUT2D eigenvalue weighted by molar-refractivity contribution is 0.411. The summed E-state index contributed by atoms with van der Waals surface area (Å²) in [7, 11) is 0. The summed E-state index contributed by atoms with van der Waals surface area (Å²) in [5, 5.41) is 9.53. The van der Waals surface area contributed by atoms with Gasteiger partial charge in [-0.1, -0.05) is 12.2 Å². The van der Waals surface area contributed by atoms with E-state index in [1.807, 2.05) is 6.26 Å². The van der Waals surface area contributed by atoms with Crippen LogP contribution >= 0.6 is 11.8 Å². The summed E-state index contributed by atoms with van der Waals surface area (Å²) in [6.07, 6.45) is 9.15. The van der Waals surface area contributed by atoms with Crippen LogP contribution in [-0.2, 0) is 0 Å². The molecule has 0 saturated carbocycles. The van der Waals surface area contributed by atoms with Gasteiger partial charge in [0.05, 0.1) is 0 Å². The Morgan fingerprint density at radius 1 is 1.12 bits per heavy atom. The zero-order valence-electron chi connectivity index (χ0n) is 10.0. The van der Waals surface area contributed by atoms with Crippen molar-refractivity contribution >= 4 is 17.6 Å². The highest BCUT2D eigenvalue weighted by Gasteiger charge is 2.33. The molecule has 0 aromatic carbocycles. The Labute approximate surface area is 106 Å². The van der Waals surface area contributed by atoms with Crippen molar-refractivity contribution in [1.29, 1.82) is 0 Å². The molecule has 0 amide bonds. The van der Waals surface area contributed by atoms with Crippen molar-refractivity contribution in [3.05, 3.63) is 24.3 Å². The average Bonchev–Trinajstić information content (AvgIpc) is 2.82. The van der Waals surface area contributed by atoms with Crippen LogP contribution in [0.2, 0.25) is 0 Å². The number of hydrogen-bond acceptors (Lipinski definition) is 4. The topological polar surface area (TPSA) is 29.0 Å². The number of allylic oxidation sites excluding steroid dienone is 2. The Bertz CT molecular complexity index is 399. The van der Waals surface area contributed by atoms with E-state index in [0.717, 1.165) is 35.8 Å². The van der Waals surface area contributed by atoms with Gasteiger partial charge in [0, 0.05) is 13.1 Å². The van der Waals surface area contributed by atoms with Crippen LogP contribution in [0.5, 0.6) is 0 Å². The smallest absolute Gasteiger partial charge is 0.151 e. The van der Waals surface area contributed by atoms with Crippen LogP contribution in [0.25, 0.3) is 0 Å². The van der Waals surface area contributed by atoms with Crippen molar-refractivity contribution in [2.24, 2.45) is 11.8 Å². The fourth-order valence-electron chi connectivity index (χ4n) is 2.79. The molecule has 1 aliphatic heterocycles. The van der Waals surface area contributed by atoms with Crippen molar-refractivity contribution in [3.63, 3.8) is 0 Å². The summed E-state index contributed by atoms with van der Waals surface area (Å²) in [5.41, 5.74) is 0. The first kappa shape index (κ1) is 11.1. The Kier molecular flexibility index (Phi) is 3.05. The molecule has 1 aromatic heterocycles. The highest BCUT2D eigenvalue weighted by atomic mass is 32.2. The van der Waals surface area contributed by atoms with Crippen LogP contribution in [0.15, 0.2) is 29.3 Å². The molecule has 0 radical (unpaired) electrons. The average molecular weight is 247 g/mol. The Balaban J connectivity index is 1.73. The summed E-state index contributed by atoms with van der Waals surface area (Å²) < 4.78 is 0. The van der Waals surface area contributed by atoms with Crippen LogP contribution in [0.1, 0.15) is 12.8 Å². The van der Waals surface area contributed by atoms with E-state index in [4.69, 9.17) is 0 Å². The normalized spacial score (nSPS) is 27.2. The van der Waals surface area contributed by atoms with Crippen LogP contribution in [0.3, 0.4) is 0 Å². The zero-order valence-corrected chi connectivity index (χ0v) is 10.9. The van der Waals surface area contributed by atoms with Gasteiger partial charge in [0.15, 0.2) is 5.82 Å². The van der Waals surface area contributed by atoms with Gasteiger partial charge in [0.2, 0.25) is 0 Å². The molecule has 4 heteroatoms. The van der Waals surface area contributed by atoms with E-state index in [0.29, 0.717) is 0 Å². The lowest BCUT2D eigenvalue weighted by Gasteiger charge is -2.17. The zero-order chi connectivity index (χ0) is 11.7. The van der Waals surface area contributed by atoms with Crippen molar-refractivity contribution in [1.82, 2.24) is 10.2 Å². The Morgan fingerprint density at radius 3 is 2.35 bits per heavy atom. The summed E-state index contributed by atoms with van der Waals surface area (Å²) >= 11 is 1.64. The maximum Gasteiger partial charge on any atom is 0.151 e. The first-order chi connectivity index (χ1) is 8.36. The van der Waals surface area contributed by atoms with Crippen molar-refractivity contribution in [2.75, 3.05) is 24.2 Å². The van der Waals surface area contributed by atoms with E-state index in [2.05, 4.69) is 39.4 Å². The molecule has 2 heterocycles. The minimum Gasteiger partial charge on any atom is -0.355 e. The standard InChI is InChI=1S/C13H17N3S/c1-17-13-7-6-12(14-15-13)16-8-10-4-2-3-5-11(10)9-16/h2-3,6-7,10-11H,4-5,8-9H2,1H3. The third kappa shape index (κ3) is 2.18. The summed E-state index contributed by atoms with van der Waals surface area (Å²) in [4.78, 5) is 2.39. The second-order valence-corrected chi connectivity index (χ2v) is 5.63. The van der Waals surface area contributed by atoms with Crippen molar-refractivity contribution in [3.8, 4) is 0 Å². The summed E-state index contributed by atoms with van der Waals surface area (Å²) in [5.74, 6) is 2.68. The fraction of sp³-hybridized carbons (Fsp3) is 0.538. The molecule has 3 nitrogen and oxygen atoms in total. The predicted molar refractivity (Wildman–Crippen MR) is 71.4 cm³/mol. The molecule has 1 saturated heterocycles. The molecule has 0 N–H and O–H groups in total. The van der Waals surface area contributed by atoms with Gasteiger partial charge < -0.3 is 4.90 Å². The van der Waals surface area contributed by atoms with Gasteiger partial charge >= 0.3 is 0 Å². The highest BCUT2D eigenvalue weighted by Crippen LogP contribution is 2.34. The van der Waals surface area contributed by atoms with Gasteiger partial charge in [-0.15, -0.1) is 22.0 Å². The number of aromatic nitrogens is 2. The molecule has 1 aromatic rings. The quantitative estimate of drug-likeness (QED) is 0.593. The van der Waals surface area contributed by atoms with Gasteiger partial charge in [-0.05, 0) is 43.1 Å². The van der Waals surface area contributed by atoms with Crippen LogP contribution in [0.4, 0.5) is 5.82 Å². The van der Waals surface area contributed by atoms with Gasteiger partial charge in [0.25, 0.3) is 0 Å². The number of fused-ring (bicyclic) bond motifs is 1. The van der Waals surface area contributed by atoms with Crippen molar-refractivity contribution < 1.29 is 0 Å². The van der Waals surface area contributed by atoms with Crippen LogP contribution in [0, 0.1) is 11.8 Å².